The third-order valence-corrected chi connectivity index (χ3v) is 7.21. The van der Waals surface area contributed by atoms with Crippen LogP contribution in [0.25, 0.3) is 0 Å². The molecule has 0 spiro atoms. The summed E-state index contributed by atoms with van der Waals surface area (Å²) < 4.78 is 23.4. The summed E-state index contributed by atoms with van der Waals surface area (Å²) in [6, 6.07) is 10.1. The number of anilines is 1. The second-order valence-electron chi connectivity index (χ2n) is 7.36. The van der Waals surface area contributed by atoms with Crippen LogP contribution in [0, 0.1) is 0 Å². The molecule has 2 aliphatic rings. The Balaban J connectivity index is 1.72. The molecule has 0 radical (unpaired) electrons. The quantitative estimate of drug-likeness (QED) is 0.805. The fourth-order valence-corrected chi connectivity index (χ4v) is 5.83. The van der Waals surface area contributed by atoms with Gasteiger partial charge in [-0.15, -0.1) is 0 Å². The highest BCUT2D eigenvalue weighted by molar-refractivity contribution is 7.91. The summed E-state index contributed by atoms with van der Waals surface area (Å²) >= 11 is 0. The Hall–Kier alpha value is -1.40. The third-order valence-electron chi connectivity index (χ3n) is 5.46. The minimum atomic E-state index is -2.94. The Morgan fingerprint density at radius 2 is 1.72 bits per heavy atom. The van der Waals surface area contributed by atoms with Gasteiger partial charge in [-0.05, 0) is 38.4 Å². The van der Waals surface area contributed by atoms with Gasteiger partial charge in [0, 0.05) is 17.8 Å². The summed E-state index contributed by atoms with van der Waals surface area (Å²) in [4.78, 5) is 17.0. The number of carbonyl (C=O) groups is 1. The highest BCUT2D eigenvalue weighted by Gasteiger charge is 2.33. The second-order valence-corrected chi connectivity index (χ2v) is 9.59. The van der Waals surface area contributed by atoms with Crippen molar-refractivity contribution in [1.29, 1.82) is 0 Å². The maximum Gasteiger partial charge on any atom is 0.241 e. The number of para-hydroxylation sites is 1. The van der Waals surface area contributed by atoms with Crippen LogP contribution in [0.4, 0.5) is 5.69 Å². The number of rotatable bonds is 5. The summed E-state index contributed by atoms with van der Waals surface area (Å²) in [5.74, 6) is 0.483. The van der Waals surface area contributed by atoms with Gasteiger partial charge in [0.2, 0.25) is 5.91 Å². The molecule has 138 valence electrons. The number of hydrogen-bond donors (Lipinski definition) is 0. The fraction of sp³-hybridized carbons (Fsp3) is 0.632. The zero-order valence-corrected chi connectivity index (χ0v) is 15.7. The first-order valence-corrected chi connectivity index (χ1v) is 11.1. The third kappa shape index (κ3) is 4.61. The Labute approximate surface area is 150 Å². The van der Waals surface area contributed by atoms with Gasteiger partial charge in [-0.2, -0.15) is 0 Å². The average Bonchev–Trinajstić information content (AvgIpc) is 2.97. The Morgan fingerprint density at radius 3 is 2.32 bits per heavy atom. The van der Waals surface area contributed by atoms with Crippen LogP contribution in [0.1, 0.15) is 38.5 Å². The predicted molar refractivity (Wildman–Crippen MR) is 100 cm³/mol. The Kier molecular flexibility index (Phi) is 5.79. The molecular weight excluding hydrogens is 336 g/mol. The zero-order valence-electron chi connectivity index (χ0n) is 14.9. The molecule has 6 heteroatoms. The lowest BCUT2D eigenvalue weighted by Gasteiger charge is -2.36. The molecule has 2 fully saturated rings. The van der Waals surface area contributed by atoms with Crippen molar-refractivity contribution in [3.63, 3.8) is 0 Å². The topological polar surface area (TPSA) is 57.7 Å². The van der Waals surface area contributed by atoms with Gasteiger partial charge in [-0.3, -0.25) is 9.69 Å². The summed E-state index contributed by atoms with van der Waals surface area (Å²) in [5.41, 5.74) is 0.951. The van der Waals surface area contributed by atoms with Crippen molar-refractivity contribution in [1.82, 2.24) is 4.90 Å². The molecule has 1 amide bonds. The normalized spacial score (nSPS) is 23.7. The van der Waals surface area contributed by atoms with E-state index in [1.165, 1.54) is 6.42 Å². The first-order chi connectivity index (χ1) is 12.0. The standard InChI is InChI=1S/C19H28N2O3S/c1-20(18-12-13-25(23,24)15-18)14-19(22)21(16-8-4-2-5-9-16)17-10-6-3-7-11-17/h2,4-5,8-9,17-18H,3,6-7,10-15H2,1H3/t18-/m0/s1. The van der Waals surface area contributed by atoms with Crippen LogP contribution in [0.5, 0.6) is 0 Å². The smallest absolute Gasteiger partial charge is 0.241 e. The van der Waals surface area contributed by atoms with Crippen LogP contribution in [-0.2, 0) is 14.6 Å². The highest BCUT2D eigenvalue weighted by atomic mass is 32.2. The van der Waals surface area contributed by atoms with Crippen LogP contribution in [0.3, 0.4) is 0 Å². The lowest BCUT2D eigenvalue weighted by molar-refractivity contribution is -0.120. The lowest BCUT2D eigenvalue weighted by Crippen LogP contribution is -2.48. The van der Waals surface area contributed by atoms with Crippen LogP contribution in [0.2, 0.25) is 0 Å². The summed E-state index contributed by atoms with van der Waals surface area (Å²) in [6.45, 7) is 0.269. The van der Waals surface area contributed by atoms with Crippen LogP contribution in [0.15, 0.2) is 30.3 Å². The Morgan fingerprint density at radius 1 is 1.04 bits per heavy atom. The molecule has 1 aliphatic carbocycles. The molecule has 0 unspecified atom stereocenters. The molecule has 1 aromatic carbocycles. The van der Waals surface area contributed by atoms with Crippen molar-refractivity contribution < 1.29 is 13.2 Å². The number of likely N-dealkylation sites (N-methyl/N-ethyl adjacent to an activating group) is 1. The van der Waals surface area contributed by atoms with Crippen molar-refractivity contribution in [3.8, 4) is 0 Å². The van der Waals surface area contributed by atoms with Crippen molar-refractivity contribution in [2.45, 2.75) is 50.6 Å². The zero-order chi connectivity index (χ0) is 17.9. The summed E-state index contributed by atoms with van der Waals surface area (Å²) in [5, 5.41) is 0. The number of amides is 1. The first kappa shape index (κ1) is 18.4. The van der Waals surface area contributed by atoms with Gasteiger partial charge in [0.1, 0.15) is 0 Å². The number of benzene rings is 1. The first-order valence-electron chi connectivity index (χ1n) is 9.24. The molecular formula is C19H28N2O3S. The number of sulfone groups is 1. The summed E-state index contributed by atoms with van der Waals surface area (Å²) in [6.07, 6.45) is 6.29. The van der Waals surface area contributed by atoms with Crippen LogP contribution in [-0.4, -0.2) is 56.4 Å². The second kappa shape index (κ2) is 7.87. The molecule has 1 saturated heterocycles. The molecule has 0 aromatic heterocycles. The van der Waals surface area contributed by atoms with Gasteiger partial charge in [-0.25, -0.2) is 8.42 Å². The maximum absolute atomic E-state index is 13.1. The average molecular weight is 365 g/mol. The van der Waals surface area contributed by atoms with Gasteiger partial charge in [0.05, 0.1) is 18.1 Å². The van der Waals surface area contributed by atoms with E-state index < -0.39 is 9.84 Å². The van der Waals surface area contributed by atoms with Crippen LogP contribution >= 0.6 is 0 Å². The molecule has 3 rings (SSSR count). The van der Waals surface area contributed by atoms with Crippen molar-refractivity contribution in [3.05, 3.63) is 30.3 Å². The molecule has 1 heterocycles. The van der Waals surface area contributed by atoms with Crippen molar-refractivity contribution >= 4 is 21.4 Å². The molecule has 1 aliphatic heterocycles. The van der Waals surface area contributed by atoms with E-state index in [0.717, 1.165) is 31.4 Å². The predicted octanol–water partition coefficient (Wildman–Crippen LogP) is 2.47. The molecule has 1 atom stereocenters. The molecule has 25 heavy (non-hydrogen) atoms. The van der Waals surface area contributed by atoms with E-state index in [1.54, 1.807) is 0 Å². The number of carbonyl (C=O) groups excluding carboxylic acids is 1. The molecule has 1 saturated carbocycles. The van der Waals surface area contributed by atoms with Gasteiger partial charge >= 0.3 is 0 Å². The van der Waals surface area contributed by atoms with Crippen molar-refractivity contribution in [2.75, 3.05) is 30.0 Å². The molecule has 0 N–H and O–H groups in total. The maximum atomic E-state index is 13.1. The SMILES string of the molecule is CN(CC(=O)N(c1ccccc1)C1CCCCC1)[C@H]1CCS(=O)(=O)C1. The monoisotopic (exact) mass is 364 g/mol. The number of nitrogens with zero attached hydrogens (tertiary/aromatic N) is 2. The van der Waals surface area contributed by atoms with Gasteiger partial charge in [0.15, 0.2) is 9.84 Å². The fourth-order valence-electron chi connectivity index (χ4n) is 4.03. The van der Waals surface area contributed by atoms with Gasteiger partial charge < -0.3 is 4.90 Å². The van der Waals surface area contributed by atoms with E-state index in [9.17, 15) is 13.2 Å². The van der Waals surface area contributed by atoms with E-state index >= 15 is 0 Å². The van der Waals surface area contributed by atoms with E-state index in [2.05, 4.69) is 0 Å². The summed E-state index contributed by atoms with van der Waals surface area (Å²) in [7, 11) is -1.07. The van der Waals surface area contributed by atoms with E-state index in [-0.39, 0.29) is 36.0 Å². The van der Waals surface area contributed by atoms with Crippen LogP contribution < -0.4 is 4.90 Å². The largest absolute Gasteiger partial charge is 0.308 e. The molecule has 5 nitrogen and oxygen atoms in total. The Bertz CT molecular complexity index is 684. The van der Waals surface area contributed by atoms with Gasteiger partial charge in [0.25, 0.3) is 0 Å². The molecule has 1 aromatic rings. The number of hydrogen-bond acceptors (Lipinski definition) is 4. The van der Waals surface area contributed by atoms with E-state index in [4.69, 9.17) is 0 Å². The molecule has 0 bridgehead atoms. The highest BCUT2D eigenvalue weighted by Crippen LogP contribution is 2.28. The minimum absolute atomic E-state index is 0.0436. The van der Waals surface area contributed by atoms with Crippen molar-refractivity contribution in [2.24, 2.45) is 0 Å². The van der Waals surface area contributed by atoms with Gasteiger partial charge in [-0.1, -0.05) is 37.5 Å². The van der Waals surface area contributed by atoms with E-state index in [1.807, 2.05) is 47.2 Å². The van der Waals surface area contributed by atoms with E-state index in [0.29, 0.717) is 6.42 Å². The lowest BCUT2D eigenvalue weighted by atomic mass is 9.93. The minimum Gasteiger partial charge on any atom is -0.308 e.